The van der Waals surface area contributed by atoms with E-state index in [9.17, 15) is 5.11 Å². The van der Waals surface area contributed by atoms with Gasteiger partial charge < -0.3 is 14.6 Å². The summed E-state index contributed by atoms with van der Waals surface area (Å²) in [5, 5.41) is 13.5. The summed E-state index contributed by atoms with van der Waals surface area (Å²) < 4.78 is 10.9. The van der Waals surface area contributed by atoms with Gasteiger partial charge in [-0.3, -0.25) is 0 Å². The molecule has 0 saturated carbocycles. The number of rotatable bonds is 6. The molecule has 1 aromatic rings. The molecular formula is C15H18O3S2. The van der Waals surface area contributed by atoms with Crippen molar-refractivity contribution in [1.29, 1.82) is 0 Å². The van der Waals surface area contributed by atoms with Gasteiger partial charge in [0, 0.05) is 6.61 Å². The largest absolute Gasteiger partial charge is 0.454 e. The van der Waals surface area contributed by atoms with Gasteiger partial charge in [0.25, 0.3) is 0 Å². The minimum atomic E-state index is 0.144. The summed E-state index contributed by atoms with van der Waals surface area (Å²) in [6.45, 7) is 0.586. The first-order valence-electron chi connectivity index (χ1n) is 6.81. The Morgan fingerprint density at radius 1 is 1.10 bits per heavy atom. The van der Waals surface area contributed by atoms with Crippen LogP contribution in [-0.2, 0) is 6.42 Å². The van der Waals surface area contributed by atoms with Crippen molar-refractivity contribution in [3.8, 4) is 11.5 Å². The number of fused-ring (bicyclic) bond motifs is 1. The van der Waals surface area contributed by atoms with E-state index in [1.165, 1.54) is 5.56 Å². The topological polar surface area (TPSA) is 38.7 Å². The summed E-state index contributed by atoms with van der Waals surface area (Å²) >= 11 is 3.69. The van der Waals surface area contributed by atoms with Crippen LogP contribution < -0.4 is 9.47 Å². The molecule has 0 aliphatic carbocycles. The Morgan fingerprint density at radius 3 is 2.70 bits per heavy atom. The highest BCUT2D eigenvalue weighted by molar-refractivity contribution is 8.23. The van der Waals surface area contributed by atoms with E-state index in [1.807, 2.05) is 29.6 Å². The Balaban J connectivity index is 1.54. The Hall–Kier alpha value is -0.780. The van der Waals surface area contributed by atoms with Crippen LogP contribution in [-0.4, -0.2) is 22.6 Å². The highest BCUT2D eigenvalue weighted by Crippen LogP contribution is 2.50. The predicted octanol–water partition coefficient (Wildman–Crippen LogP) is 3.77. The second-order valence-electron chi connectivity index (χ2n) is 4.93. The molecule has 0 spiro atoms. The van der Waals surface area contributed by atoms with E-state index in [2.05, 4.69) is 22.9 Å². The number of benzene rings is 1. The minimum Gasteiger partial charge on any atom is -0.454 e. The van der Waals surface area contributed by atoms with Gasteiger partial charge in [0.2, 0.25) is 6.79 Å². The van der Waals surface area contributed by atoms with Crippen molar-refractivity contribution in [2.45, 2.75) is 29.8 Å². The fourth-order valence-corrected chi connectivity index (χ4v) is 4.96. The lowest BCUT2D eigenvalue weighted by Gasteiger charge is -2.26. The molecule has 108 valence electrons. The zero-order chi connectivity index (χ0) is 13.8. The van der Waals surface area contributed by atoms with Crippen LogP contribution in [0.1, 0.15) is 24.8 Å². The molecule has 3 rings (SSSR count). The average Bonchev–Trinajstić information content (AvgIpc) is 3.08. The molecule has 3 nitrogen and oxygen atoms in total. The third-order valence-corrected chi connectivity index (χ3v) is 6.54. The predicted molar refractivity (Wildman–Crippen MR) is 84.3 cm³/mol. The highest BCUT2D eigenvalue weighted by atomic mass is 32.2. The maximum Gasteiger partial charge on any atom is 0.231 e. The number of hydrogen-bond acceptors (Lipinski definition) is 5. The number of aliphatic hydroxyl groups excluding tert-OH is 1. The van der Waals surface area contributed by atoms with Crippen LogP contribution in [0.3, 0.4) is 0 Å². The van der Waals surface area contributed by atoms with E-state index in [1.54, 1.807) is 0 Å². The first-order chi connectivity index (χ1) is 9.81. The normalized spacial score (nSPS) is 18.6. The summed E-state index contributed by atoms with van der Waals surface area (Å²) in [4.78, 5) is 0. The molecule has 2 heterocycles. The van der Waals surface area contributed by atoms with Gasteiger partial charge in [-0.2, -0.15) is 0 Å². The van der Waals surface area contributed by atoms with Crippen LogP contribution in [0.15, 0.2) is 29.0 Å². The van der Waals surface area contributed by atoms with Crippen LogP contribution in [0.25, 0.3) is 0 Å². The van der Waals surface area contributed by atoms with Gasteiger partial charge in [-0.25, -0.2) is 0 Å². The zero-order valence-electron chi connectivity index (χ0n) is 11.2. The molecule has 1 aromatic carbocycles. The van der Waals surface area contributed by atoms with Crippen molar-refractivity contribution in [2.24, 2.45) is 0 Å². The van der Waals surface area contributed by atoms with Gasteiger partial charge >= 0.3 is 0 Å². The first kappa shape index (κ1) is 14.2. The van der Waals surface area contributed by atoms with E-state index in [0.717, 1.165) is 37.2 Å². The van der Waals surface area contributed by atoms with Crippen molar-refractivity contribution in [1.82, 2.24) is 0 Å². The summed E-state index contributed by atoms with van der Waals surface area (Å²) in [5.74, 6) is 1.70. The van der Waals surface area contributed by atoms with Crippen LogP contribution in [0.4, 0.5) is 0 Å². The standard InChI is InChI=1S/C15H18O3S2/c16-7-6-15(19-8-9-20-15)5-1-2-12-3-4-13-14(10-12)18-11-17-13/h3-4,8-10,16H,1-2,5-7,11H2. The lowest BCUT2D eigenvalue weighted by molar-refractivity contribution is 0.174. The SMILES string of the molecule is OCCC1(CCCc2ccc3c(c2)OCO3)SC=CS1. The molecule has 20 heavy (non-hydrogen) atoms. The van der Waals surface area contributed by atoms with E-state index in [0.29, 0.717) is 6.79 Å². The maximum atomic E-state index is 9.23. The van der Waals surface area contributed by atoms with Gasteiger partial charge in [0.1, 0.15) is 0 Å². The summed E-state index contributed by atoms with van der Waals surface area (Å²) in [6.07, 6.45) is 4.09. The molecule has 0 amide bonds. The van der Waals surface area contributed by atoms with Gasteiger partial charge in [0.15, 0.2) is 11.5 Å². The van der Waals surface area contributed by atoms with Crippen molar-refractivity contribution in [3.63, 3.8) is 0 Å². The summed E-state index contributed by atoms with van der Waals surface area (Å²) in [6, 6.07) is 6.18. The molecule has 0 fully saturated rings. The van der Waals surface area contributed by atoms with E-state index < -0.39 is 0 Å². The van der Waals surface area contributed by atoms with Crippen molar-refractivity contribution < 1.29 is 14.6 Å². The molecule has 2 aliphatic rings. The number of thioether (sulfide) groups is 2. The number of hydrogen-bond donors (Lipinski definition) is 1. The fraction of sp³-hybridized carbons (Fsp3) is 0.467. The van der Waals surface area contributed by atoms with Gasteiger partial charge in [0.05, 0.1) is 4.08 Å². The molecule has 5 heteroatoms. The number of ether oxygens (including phenoxy) is 2. The molecule has 0 aromatic heterocycles. The highest BCUT2D eigenvalue weighted by Gasteiger charge is 2.31. The molecule has 0 atom stereocenters. The lowest BCUT2D eigenvalue weighted by Crippen LogP contribution is -2.19. The van der Waals surface area contributed by atoms with Crippen molar-refractivity contribution in [3.05, 3.63) is 34.6 Å². The second-order valence-corrected chi connectivity index (χ2v) is 7.77. The van der Waals surface area contributed by atoms with E-state index in [4.69, 9.17) is 9.47 Å². The molecule has 2 aliphatic heterocycles. The van der Waals surface area contributed by atoms with Gasteiger partial charge in [-0.15, -0.1) is 23.5 Å². The van der Waals surface area contributed by atoms with E-state index in [-0.39, 0.29) is 10.7 Å². The smallest absolute Gasteiger partial charge is 0.231 e. The Morgan fingerprint density at radius 2 is 1.90 bits per heavy atom. The molecule has 0 bridgehead atoms. The van der Waals surface area contributed by atoms with Crippen LogP contribution in [0.5, 0.6) is 11.5 Å². The maximum absolute atomic E-state index is 9.23. The Kier molecular flexibility index (Phi) is 4.48. The van der Waals surface area contributed by atoms with Crippen molar-refractivity contribution >= 4 is 23.5 Å². The third-order valence-electron chi connectivity index (χ3n) is 3.57. The molecule has 1 N–H and O–H groups in total. The molecular weight excluding hydrogens is 292 g/mol. The monoisotopic (exact) mass is 310 g/mol. The van der Waals surface area contributed by atoms with Crippen LogP contribution >= 0.6 is 23.5 Å². The van der Waals surface area contributed by atoms with Gasteiger partial charge in [-0.05, 0) is 54.2 Å². The Labute approximate surface area is 127 Å². The lowest BCUT2D eigenvalue weighted by atomic mass is 10.1. The Bertz CT molecular complexity index is 494. The third kappa shape index (κ3) is 3.10. The molecule has 0 saturated heterocycles. The molecule has 0 radical (unpaired) electrons. The van der Waals surface area contributed by atoms with E-state index >= 15 is 0 Å². The van der Waals surface area contributed by atoms with Gasteiger partial charge in [-0.1, -0.05) is 6.07 Å². The second kappa shape index (κ2) is 6.33. The first-order valence-corrected chi connectivity index (χ1v) is 8.57. The number of aryl methyl sites for hydroxylation is 1. The van der Waals surface area contributed by atoms with Crippen LogP contribution in [0.2, 0.25) is 0 Å². The van der Waals surface area contributed by atoms with Crippen molar-refractivity contribution in [2.75, 3.05) is 13.4 Å². The zero-order valence-corrected chi connectivity index (χ0v) is 12.8. The quantitative estimate of drug-likeness (QED) is 0.866. The summed E-state index contributed by atoms with van der Waals surface area (Å²) in [5.41, 5.74) is 1.29. The summed E-state index contributed by atoms with van der Waals surface area (Å²) in [7, 11) is 0. The van der Waals surface area contributed by atoms with Crippen LogP contribution in [0, 0.1) is 0 Å². The number of aliphatic hydroxyl groups is 1. The fourth-order valence-electron chi connectivity index (χ4n) is 2.52. The minimum absolute atomic E-state index is 0.144. The average molecular weight is 310 g/mol. The molecule has 0 unspecified atom stereocenters.